The summed E-state index contributed by atoms with van der Waals surface area (Å²) in [6, 6.07) is 6.36. The van der Waals surface area contributed by atoms with Gasteiger partial charge >= 0.3 is 0 Å². The summed E-state index contributed by atoms with van der Waals surface area (Å²) in [6.45, 7) is 2.58. The Kier molecular flexibility index (Phi) is 4.82. The maximum Gasteiger partial charge on any atom is 0.268 e. The van der Waals surface area contributed by atoms with Gasteiger partial charge in [0.1, 0.15) is 11.4 Å². The zero-order valence-electron chi connectivity index (χ0n) is 16.2. The van der Waals surface area contributed by atoms with E-state index >= 15 is 0 Å². The Labute approximate surface area is 168 Å². The van der Waals surface area contributed by atoms with E-state index in [9.17, 15) is 22.4 Å². The number of rotatable bonds is 2. The Bertz CT molecular complexity index is 1130. The lowest BCUT2D eigenvalue weighted by Crippen LogP contribution is -2.60. The number of carbonyl (C=O) groups excluding carboxylic acids is 1. The molecule has 154 valence electrons. The van der Waals surface area contributed by atoms with Crippen molar-refractivity contribution in [1.82, 2.24) is 14.4 Å². The summed E-state index contributed by atoms with van der Waals surface area (Å²) in [6.07, 6.45) is 1.55. The van der Waals surface area contributed by atoms with E-state index in [1.807, 2.05) is 11.9 Å². The van der Waals surface area contributed by atoms with E-state index < -0.39 is 33.2 Å². The number of fused-ring (bicyclic) bond motifs is 1. The minimum absolute atomic E-state index is 0.0180. The molecule has 0 saturated carbocycles. The molecule has 0 N–H and O–H groups in total. The number of amides is 1. The quantitative estimate of drug-likeness (QED) is 0.721. The fourth-order valence-corrected chi connectivity index (χ4v) is 6.27. The van der Waals surface area contributed by atoms with Crippen molar-refractivity contribution >= 4 is 15.7 Å². The van der Waals surface area contributed by atoms with Gasteiger partial charge in [0.2, 0.25) is 0 Å². The van der Waals surface area contributed by atoms with Gasteiger partial charge in [0.15, 0.2) is 9.84 Å². The van der Waals surface area contributed by atoms with Gasteiger partial charge in [-0.25, -0.2) is 12.8 Å². The van der Waals surface area contributed by atoms with Crippen LogP contribution in [-0.4, -0.2) is 72.4 Å². The number of nitrogens with zero attached hydrogens (tertiary/aromatic N) is 3. The van der Waals surface area contributed by atoms with E-state index in [0.717, 1.165) is 0 Å². The fraction of sp³-hybridized carbons (Fsp3) is 0.400. The van der Waals surface area contributed by atoms with Crippen LogP contribution in [0.25, 0.3) is 5.69 Å². The number of carbonyl (C=O) groups is 1. The van der Waals surface area contributed by atoms with E-state index in [1.165, 1.54) is 33.7 Å². The SMILES string of the molecule is Cc1ccn(-c2ccc(F)cc2)c(=O)c1C(=O)N1CCN(C)[C@@H]2CS(=O)(=O)C[C@@H]21. The van der Waals surface area contributed by atoms with Crippen molar-refractivity contribution in [2.24, 2.45) is 0 Å². The molecule has 2 aliphatic heterocycles. The molecule has 7 nitrogen and oxygen atoms in total. The first kappa shape index (κ1) is 19.8. The van der Waals surface area contributed by atoms with Gasteiger partial charge in [0.25, 0.3) is 11.5 Å². The molecule has 2 aromatic rings. The van der Waals surface area contributed by atoms with Crippen LogP contribution in [-0.2, 0) is 9.84 Å². The van der Waals surface area contributed by atoms with Gasteiger partial charge in [0.05, 0.1) is 17.5 Å². The molecule has 29 heavy (non-hydrogen) atoms. The highest BCUT2D eigenvalue weighted by Gasteiger charge is 2.47. The summed E-state index contributed by atoms with van der Waals surface area (Å²) in [4.78, 5) is 30.0. The summed E-state index contributed by atoms with van der Waals surface area (Å²) in [7, 11) is -1.38. The molecule has 0 spiro atoms. The molecule has 2 atom stereocenters. The third-order valence-corrected chi connectivity index (χ3v) is 7.53. The van der Waals surface area contributed by atoms with Crippen LogP contribution < -0.4 is 5.56 Å². The molecule has 0 unspecified atom stereocenters. The molecule has 1 amide bonds. The number of aromatic nitrogens is 1. The van der Waals surface area contributed by atoms with Crippen LogP contribution >= 0.6 is 0 Å². The highest BCUT2D eigenvalue weighted by atomic mass is 32.2. The fourth-order valence-electron chi connectivity index (χ4n) is 4.21. The summed E-state index contributed by atoms with van der Waals surface area (Å²) in [5.41, 5.74) is 0.488. The van der Waals surface area contributed by atoms with Crippen LogP contribution in [0.3, 0.4) is 0 Å². The summed E-state index contributed by atoms with van der Waals surface area (Å²) in [5, 5.41) is 0. The van der Waals surface area contributed by atoms with Crippen LogP contribution in [0.15, 0.2) is 41.3 Å². The maximum atomic E-state index is 13.4. The molecule has 1 aromatic carbocycles. The largest absolute Gasteiger partial charge is 0.332 e. The third kappa shape index (κ3) is 3.49. The molecule has 9 heteroatoms. The first-order chi connectivity index (χ1) is 13.7. The van der Waals surface area contributed by atoms with Crippen LogP contribution in [0.4, 0.5) is 4.39 Å². The van der Waals surface area contributed by atoms with Gasteiger partial charge in [-0.2, -0.15) is 0 Å². The van der Waals surface area contributed by atoms with E-state index in [2.05, 4.69) is 0 Å². The van der Waals surface area contributed by atoms with Crippen molar-refractivity contribution in [2.45, 2.75) is 19.0 Å². The van der Waals surface area contributed by atoms with Gasteiger partial charge in [-0.05, 0) is 49.9 Å². The second-order valence-electron chi connectivity index (χ2n) is 7.72. The van der Waals surface area contributed by atoms with Crippen molar-refractivity contribution in [2.75, 3.05) is 31.6 Å². The molecule has 2 fully saturated rings. The second kappa shape index (κ2) is 7.07. The monoisotopic (exact) mass is 419 g/mol. The molecule has 4 rings (SSSR count). The molecular weight excluding hydrogens is 397 g/mol. The van der Waals surface area contributed by atoms with Gasteiger partial charge in [-0.15, -0.1) is 0 Å². The number of halogens is 1. The van der Waals surface area contributed by atoms with Gasteiger partial charge in [-0.3, -0.25) is 19.1 Å². The Hall–Kier alpha value is -2.52. The topological polar surface area (TPSA) is 79.7 Å². The zero-order chi connectivity index (χ0) is 20.9. The molecular formula is C20H22FN3O4S. The highest BCUT2D eigenvalue weighted by molar-refractivity contribution is 7.91. The average Bonchev–Trinajstić information content (AvgIpc) is 2.99. The Balaban J connectivity index is 1.75. The van der Waals surface area contributed by atoms with Gasteiger partial charge in [-0.1, -0.05) is 0 Å². The van der Waals surface area contributed by atoms with E-state index in [4.69, 9.17) is 0 Å². The summed E-state index contributed by atoms with van der Waals surface area (Å²) in [5.74, 6) is -0.947. The lowest BCUT2D eigenvalue weighted by atomic mass is 10.0. The Morgan fingerprint density at radius 3 is 2.41 bits per heavy atom. The van der Waals surface area contributed by atoms with Crippen molar-refractivity contribution in [3.8, 4) is 5.69 Å². The van der Waals surface area contributed by atoms with Crippen molar-refractivity contribution in [3.05, 3.63) is 63.8 Å². The second-order valence-corrected chi connectivity index (χ2v) is 9.87. The zero-order valence-corrected chi connectivity index (χ0v) is 17.0. The first-order valence-electron chi connectivity index (χ1n) is 9.38. The van der Waals surface area contributed by atoms with Crippen LogP contribution in [0, 0.1) is 12.7 Å². The number of likely N-dealkylation sites (N-methyl/N-ethyl adjacent to an activating group) is 1. The number of pyridine rings is 1. The molecule has 2 saturated heterocycles. The minimum atomic E-state index is -3.24. The lowest BCUT2D eigenvalue weighted by Gasteiger charge is -2.42. The number of hydrogen-bond donors (Lipinski definition) is 0. The minimum Gasteiger partial charge on any atom is -0.332 e. The molecule has 0 radical (unpaired) electrons. The van der Waals surface area contributed by atoms with Crippen molar-refractivity contribution in [3.63, 3.8) is 0 Å². The molecule has 0 aliphatic carbocycles. The number of piperazine rings is 1. The van der Waals surface area contributed by atoms with Crippen molar-refractivity contribution < 1.29 is 17.6 Å². The molecule has 2 aliphatic rings. The van der Waals surface area contributed by atoms with Crippen molar-refractivity contribution in [1.29, 1.82) is 0 Å². The number of sulfone groups is 1. The molecule has 1 aromatic heterocycles. The Morgan fingerprint density at radius 1 is 1.07 bits per heavy atom. The van der Waals surface area contributed by atoms with E-state index in [-0.39, 0.29) is 23.1 Å². The smallest absolute Gasteiger partial charge is 0.268 e. The van der Waals surface area contributed by atoms with Gasteiger partial charge in [0, 0.05) is 31.0 Å². The lowest BCUT2D eigenvalue weighted by molar-refractivity contribution is 0.0407. The van der Waals surface area contributed by atoms with Gasteiger partial charge < -0.3 is 4.90 Å². The van der Waals surface area contributed by atoms with Crippen LogP contribution in [0.5, 0.6) is 0 Å². The normalized spacial score (nSPS) is 23.8. The molecule has 0 bridgehead atoms. The Morgan fingerprint density at radius 2 is 1.72 bits per heavy atom. The standard InChI is InChI=1S/C20H22FN3O4S/c1-13-7-8-23(15-5-3-14(21)4-6-15)19(25)18(13)20(26)24-10-9-22(2)16-11-29(27,28)12-17(16)24/h3-8,16-17H,9-12H2,1-2H3/t16-,17+/m1/s1. The van der Waals surface area contributed by atoms with Crippen LogP contribution in [0.1, 0.15) is 15.9 Å². The van der Waals surface area contributed by atoms with E-state index in [0.29, 0.717) is 24.3 Å². The van der Waals surface area contributed by atoms with Crippen LogP contribution in [0.2, 0.25) is 0 Å². The maximum absolute atomic E-state index is 13.4. The van der Waals surface area contributed by atoms with E-state index in [1.54, 1.807) is 19.2 Å². The number of hydrogen-bond acceptors (Lipinski definition) is 5. The average molecular weight is 419 g/mol. The summed E-state index contributed by atoms with van der Waals surface area (Å²) < 4.78 is 38.9. The number of benzene rings is 1. The molecule has 3 heterocycles. The summed E-state index contributed by atoms with van der Waals surface area (Å²) >= 11 is 0. The highest BCUT2D eigenvalue weighted by Crippen LogP contribution is 2.27. The first-order valence-corrected chi connectivity index (χ1v) is 11.2. The predicted octanol–water partition coefficient (Wildman–Crippen LogP) is 0.838. The predicted molar refractivity (Wildman–Crippen MR) is 107 cm³/mol. The third-order valence-electron chi connectivity index (χ3n) is 5.83. The number of aryl methyl sites for hydroxylation is 1.